The highest BCUT2D eigenvalue weighted by Crippen LogP contribution is 2.45. The predicted octanol–water partition coefficient (Wildman–Crippen LogP) is 6.02. The van der Waals surface area contributed by atoms with Gasteiger partial charge in [0.05, 0.1) is 17.8 Å². The summed E-state index contributed by atoms with van der Waals surface area (Å²) in [7, 11) is 0. The number of pyridine rings is 1. The van der Waals surface area contributed by atoms with Crippen LogP contribution in [0.5, 0.6) is 5.75 Å². The second-order valence-electron chi connectivity index (χ2n) is 13.6. The van der Waals surface area contributed by atoms with Gasteiger partial charge in [-0.1, -0.05) is 74.4 Å². The molecule has 0 spiro atoms. The second kappa shape index (κ2) is 14.8. The number of nitrogens with one attached hydrogen (secondary N) is 2. The van der Waals surface area contributed by atoms with Crippen LogP contribution in [0.25, 0.3) is 28.2 Å². The van der Waals surface area contributed by atoms with Crippen molar-refractivity contribution in [1.29, 1.82) is 0 Å². The van der Waals surface area contributed by atoms with Gasteiger partial charge in [-0.15, -0.1) is 6.58 Å². The van der Waals surface area contributed by atoms with Crippen molar-refractivity contribution in [2.45, 2.75) is 82.9 Å². The van der Waals surface area contributed by atoms with E-state index in [2.05, 4.69) is 42.4 Å². The van der Waals surface area contributed by atoms with Gasteiger partial charge in [0.1, 0.15) is 23.4 Å². The molecule has 49 heavy (non-hydrogen) atoms. The molecule has 1 saturated carbocycles. The number of unbranched alkanes of at least 4 members (excludes halogenated alkanes) is 1. The molecule has 2 fully saturated rings. The lowest BCUT2D eigenvalue weighted by Crippen LogP contribution is -2.53. The molecule has 1 saturated heterocycles. The van der Waals surface area contributed by atoms with Crippen LogP contribution in [0.2, 0.25) is 0 Å². The lowest BCUT2D eigenvalue weighted by molar-refractivity contribution is -0.144. The van der Waals surface area contributed by atoms with Gasteiger partial charge in [0.15, 0.2) is 5.78 Å². The highest BCUT2D eigenvalue weighted by atomic mass is 16.5. The topological polar surface area (TPSA) is 118 Å². The fraction of sp³-hybridized carbons (Fsp3) is 0.425. The van der Waals surface area contributed by atoms with E-state index in [1.165, 1.54) is 6.92 Å². The van der Waals surface area contributed by atoms with Crippen molar-refractivity contribution in [2.75, 3.05) is 13.1 Å². The number of carbonyl (C=O) groups excluding carboxylic acids is 4. The molecule has 1 aliphatic carbocycles. The number of Topliss-reactive ketones (excluding diaryl/α,β-unsaturated/α-hetero) is 1. The van der Waals surface area contributed by atoms with Crippen molar-refractivity contribution >= 4 is 40.5 Å². The van der Waals surface area contributed by atoms with Crippen molar-refractivity contribution in [1.82, 2.24) is 20.5 Å². The molecule has 5 atom stereocenters. The van der Waals surface area contributed by atoms with Crippen LogP contribution < -0.4 is 15.4 Å². The fourth-order valence-corrected chi connectivity index (χ4v) is 7.20. The largest absolute Gasteiger partial charge is 0.488 e. The highest BCUT2D eigenvalue weighted by molar-refractivity contribution is 5.98. The van der Waals surface area contributed by atoms with E-state index in [1.54, 1.807) is 11.0 Å². The zero-order chi connectivity index (χ0) is 34.5. The van der Waals surface area contributed by atoms with Crippen LogP contribution >= 0.6 is 0 Å². The molecular formula is C40H46N4O5. The molecule has 2 aromatic carbocycles. The smallest absolute Gasteiger partial charge is 0.243 e. The molecule has 2 aliphatic heterocycles. The monoisotopic (exact) mass is 662 g/mol. The lowest BCUT2D eigenvalue weighted by atomic mass is 9.95. The van der Waals surface area contributed by atoms with E-state index >= 15 is 0 Å². The average molecular weight is 663 g/mol. The van der Waals surface area contributed by atoms with E-state index in [-0.39, 0.29) is 48.8 Å². The number of fused-ring (bicyclic) bond motifs is 3. The third kappa shape index (κ3) is 7.46. The summed E-state index contributed by atoms with van der Waals surface area (Å²) in [5.41, 5.74) is 2.47. The maximum absolute atomic E-state index is 14.4. The summed E-state index contributed by atoms with van der Waals surface area (Å²) in [6.45, 7) is 8.05. The first-order valence-corrected chi connectivity index (χ1v) is 17.6. The maximum atomic E-state index is 14.4. The number of allylic oxidation sites excluding steroid dienone is 1. The van der Waals surface area contributed by atoms with Crippen LogP contribution in [0.15, 0.2) is 73.3 Å². The Bertz CT molecular complexity index is 1770. The molecular weight excluding hydrogens is 616 g/mol. The standard InChI is InChI=1S/C40H46N4O5/c1-4-6-14-29-21-37(46)41-19-12-8-9-13-27-17-18-33-32(20-27)36(23-34(42-33)28-15-10-7-11-16-28)49-31-22-35(44(25-31)39(29)48)38(47)43-40(26(3)45)24-30(40)5-2/h5,7,9-11,13,15-18,20,23,29-31,35H,2,4,6,8,12,14,19,21-22,24-25H2,1,3H3,(H,41,46)(H,43,47)/b13-9+/t29-,30-,31-,35+,40+/m1/s1. The summed E-state index contributed by atoms with van der Waals surface area (Å²) in [4.78, 5) is 60.8. The van der Waals surface area contributed by atoms with Crippen LogP contribution in [0.3, 0.4) is 0 Å². The molecule has 3 amide bonds. The van der Waals surface area contributed by atoms with Crippen LogP contribution in [-0.2, 0) is 19.2 Å². The normalized spacial score (nSPS) is 26.3. The van der Waals surface area contributed by atoms with E-state index in [0.717, 1.165) is 53.4 Å². The number of benzene rings is 2. The average Bonchev–Trinajstić information content (AvgIpc) is 3.67. The molecule has 4 bridgehead atoms. The van der Waals surface area contributed by atoms with Gasteiger partial charge >= 0.3 is 0 Å². The summed E-state index contributed by atoms with van der Waals surface area (Å²) >= 11 is 0. The molecule has 9 nitrogen and oxygen atoms in total. The van der Waals surface area contributed by atoms with E-state index in [0.29, 0.717) is 25.1 Å². The SMILES string of the molecule is C=C[C@@H]1C[C@]1(NC(=O)[C@@H]1C[C@@H]2CN1C(=O)[C@H](CCCC)CC(=O)NCCC/C=C/c1ccc3nc(-c4ccccc4)cc(c3c1)O2)C(C)=O. The van der Waals surface area contributed by atoms with Crippen molar-refractivity contribution in [3.8, 4) is 17.0 Å². The van der Waals surface area contributed by atoms with E-state index in [9.17, 15) is 19.2 Å². The zero-order valence-corrected chi connectivity index (χ0v) is 28.5. The number of aromatic nitrogens is 1. The molecule has 256 valence electrons. The van der Waals surface area contributed by atoms with Crippen molar-refractivity contribution in [3.63, 3.8) is 0 Å². The first kappa shape index (κ1) is 34.1. The van der Waals surface area contributed by atoms with Gasteiger partial charge in [-0.2, -0.15) is 0 Å². The molecule has 3 aromatic rings. The molecule has 6 rings (SSSR count). The summed E-state index contributed by atoms with van der Waals surface area (Å²) in [6, 6.07) is 17.0. The van der Waals surface area contributed by atoms with Gasteiger partial charge in [-0.3, -0.25) is 19.2 Å². The lowest BCUT2D eigenvalue weighted by Gasteiger charge is -2.29. The molecule has 3 aliphatic rings. The Kier molecular flexibility index (Phi) is 10.3. The number of nitrogens with zero attached hydrogens (tertiary/aromatic N) is 2. The molecule has 3 heterocycles. The van der Waals surface area contributed by atoms with Crippen LogP contribution in [0.4, 0.5) is 0 Å². The number of carbonyl (C=O) groups is 4. The van der Waals surface area contributed by atoms with Gasteiger partial charge in [0, 0.05) is 48.2 Å². The summed E-state index contributed by atoms with van der Waals surface area (Å²) in [6.07, 6.45) is 9.85. The predicted molar refractivity (Wildman–Crippen MR) is 190 cm³/mol. The number of hydrogen-bond donors (Lipinski definition) is 2. The minimum Gasteiger partial charge on any atom is -0.488 e. The first-order chi connectivity index (χ1) is 23.7. The third-order valence-electron chi connectivity index (χ3n) is 10.1. The minimum absolute atomic E-state index is 0.0525. The fourth-order valence-electron chi connectivity index (χ4n) is 7.20. The number of hydrogen-bond acceptors (Lipinski definition) is 6. The number of ether oxygens (including phenoxy) is 1. The molecule has 1 aromatic heterocycles. The van der Waals surface area contributed by atoms with E-state index in [4.69, 9.17) is 9.72 Å². The highest BCUT2D eigenvalue weighted by Gasteiger charge is 2.58. The Hall–Kier alpha value is -4.79. The number of rotatable bonds is 8. The van der Waals surface area contributed by atoms with Gasteiger partial charge in [-0.05, 0) is 50.3 Å². The molecule has 9 heteroatoms. The Balaban J connectivity index is 1.39. The van der Waals surface area contributed by atoms with Crippen molar-refractivity contribution < 1.29 is 23.9 Å². The third-order valence-corrected chi connectivity index (χ3v) is 10.1. The van der Waals surface area contributed by atoms with Gasteiger partial charge in [-0.25, -0.2) is 4.98 Å². The minimum atomic E-state index is -1.00. The summed E-state index contributed by atoms with van der Waals surface area (Å²) in [5.74, 6) is -1.04. The Labute approximate surface area is 288 Å². The number of amides is 3. The summed E-state index contributed by atoms with van der Waals surface area (Å²) < 4.78 is 6.78. The van der Waals surface area contributed by atoms with Crippen LogP contribution in [0, 0.1) is 11.8 Å². The van der Waals surface area contributed by atoms with E-state index in [1.807, 2.05) is 48.5 Å². The van der Waals surface area contributed by atoms with Crippen molar-refractivity contribution in [2.24, 2.45) is 11.8 Å². The zero-order valence-electron chi connectivity index (χ0n) is 28.5. The van der Waals surface area contributed by atoms with Crippen LogP contribution in [0.1, 0.15) is 70.8 Å². The van der Waals surface area contributed by atoms with Crippen LogP contribution in [-0.4, -0.2) is 64.2 Å². The Morgan fingerprint density at radius 1 is 1.16 bits per heavy atom. The summed E-state index contributed by atoms with van der Waals surface area (Å²) in [5, 5.41) is 6.83. The molecule has 0 unspecified atom stereocenters. The van der Waals surface area contributed by atoms with Gasteiger partial charge < -0.3 is 20.3 Å². The van der Waals surface area contributed by atoms with Gasteiger partial charge in [0.25, 0.3) is 0 Å². The van der Waals surface area contributed by atoms with Gasteiger partial charge in [0.2, 0.25) is 17.7 Å². The Morgan fingerprint density at radius 2 is 1.98 bits per heavy atom. The molecule has 0 radical (unpaired) electrons. The quantitative estimate of drug-likeness (QED) is 0.285. The Morgan fingerprint density at radius 3 is 2.71 bits per heavy atom. The maximum Gasteiger partial charge on any atom is 0.243 e. The number of ketones is 1. The second-order valence-corrected chi connectivity index (χ2v) is 13.6. The van der Waals surface area contributed by atoms with Crippen molar-refractivity contribution in [3.05, 3.63) is 78.9 Å². The first-order valence-electron chi connectivity index (χ1n) is 17.6. The van der Waals surface area contributed by atoms with E-state index < -0.39 is 23.6 Å². The molecule has 2 N–H and O–H groups in total.